The molecule has 2 N–H and O–H groups in total. The quantitative estimate of drug-likeness (QED) is 0.414. The first-order chi connectivity index (χ1) is 12.2. The normalized spacial score (nSPS) is 16.0. The van der Waals surface area contributed by atoms with Gasteiger partial charge in [-0.2, -0.15) is 0 Å². The maximum absolute atomic E-state index is 12.9. The number of aryl methyl sites for hydroxylation is 3. The number of ketones is 1. The molecule has 1 aliphatic carbocycles. The molecule has 3 heteroatoms. The fraction of sp³-hybridized carbons (Fsp3) is 0.435. The lowest BCUT2D eigenvalue weighted by molar-refractivity contribution is 0.105. The van der Waals surface area contributed by atoms with E-state index in [-0.39, 0.29) is 5.78 Å². The molecule has 2 nitrogen and oxygen atoms in total. The van der Waals surface area contributed by atoms with Crippen LogP contribution in [0.5, 0.6) is 0 Å². The standard InChI is InChI=1S/C23H29NOS/c1-6-20-18-13-23(4,5)10-9-17(18)22(26-20)19(25)8-7-16-11-14(2)21(24)15(3)12-16/h7-8,11-12H,6,9-10,13,24H2,1-5H3/b8-7+. The number of carbonyl (C=O) groups excluding carboxylic acids is 1. The van der Waals surface area contributed by atoms with Gasteiger partial charge in [0.05, 0.1) is 4.88 Å². The average Bonchev–Trinajstić information content (AvgIpc) is 2.94. The molecule has 0 bridgehead atoms. The molecule has 1 aromatic heterocycles. The fourth-order valence-electron chi connectivity index (χ4n) is 3.89. The van der Waals surface area contributed by atoms with E-state index in [1.807, 2.05) is 32.1 Å². The summed E-state index contributed by atoms with van der Waals surface area (Å²) in [5.41, 5.74) is 13.1. The van der Waals surface area contributed by atoms with Crippen LogP contribution in [0.25, 0.3) is 6.08 Å². The lowest BCUT2D eigenvalue weighted by Gasteiger charge is -2.30. The number of anilines is 1. The van der Waals surface area contributed by atoms with E-state index in [1.165, 1.54) is 16.0 Å². The van der Waals surface area contributed by atoms with Crippen molar-refractivity contribution in [3.05, 3.63) is 55.8 Å². The Morgan fingerprint density at radius 1 is 1.23 bits per heavy atom. The van der Waals surface area contributed by atoms with Crippen LogP contribution in [0.1, 0.15) is 69.6 Å². The minimum Gasteiger partial charge on any atom is -0.398 e. The molecule has 0 spiro atoms. The number of benzene rings is 1. The van der Waals surface area contributed by atoms with E-state index in [0.29, 0.717) is 5.41 Å². The van der Waals surface area contributed by atoms with Gasteiger partial charge in [-0.15, -0.1) is 11.3 Å². The first-order valence-electron chi connectivity index (χ1n) is 9.44. The minimum absolute atomic E-state index is 0.137. The van der Waals surface area contributed by atoms with Crippen LogP contribution < -0.4 is 5.73 Å². The Labute approximate surface area is 161 Å². The molecule has 1 aromatic carbocycles. The zero-order valence-corrected chi connectivity index (χ0v) is 17.3. The molecule has 138 valence electrons. The van der Waals surface area contributed by atoms with Gasteiger partial charge in [0.15, 0.2) is 5.78 Å². The van der Waals surface area contributed by atoms with E-state index in [1.54, 1.807) is 17.4 Å². The molecule has 0 atom stereocenters. The highest BCUT2D eigenvalue weighted by Crippen LogP contribution is 2.42. The van der Waals surface area contributed by atoms with Crippen molar-refractivity contribution in [1.82, 2.24) is 0 Å². The molecular weight excluding hydrogens is 338 g/mol. The average molecular weight is 368 g/mol. The number of allylic oxidation sites excluding steroid dienone is 1. The van der Waals surface area contributed by atoms with E-state index >= 15 is 0 Å². The van der Waals surface area contributed by atoms with E-state index in [4.69, 9.17) is 5.73 Å². The van der Waals surface area contributed by atoms with E-state index < -0.39 is 0 Å². The van der Waals surface area contributed by atoms with Crippen LogP contribution in [0, 0.1) is 19.3 Å². The molecule has 0 saturated carbocycles. The van der Waals surface area contributed by atoms with Crippen molar-refractivity contribution < 1.29 is 4.79 Å². The van der Waals surface area contributed by atoms with Gasteiger partial charge in [-0.25, -0.2) is 0 Å². The lowest BCUT2D eigenvalue weighted by atomic mass is 9.74. The van der Waals surface area contributed by atoms with Gasteiger partial charge < -0.3 is 5.73 Å². The van der Waals surface area contributed by atoms with Crippen LogP contribution in [0.3, 0.4) is 0 Å². The summed E-state index contributed by atoms with van der Waals surface area (Å²) in [7, 11) is 0. The molecule has 0 radical (unpaired) electrons. The maximum atomic E-state index is 12.9. The van der Waals surface area contributed by atoms with Gasteiger partial charge in [0.1, 0.15) is 0 Å². The maximum Gasteiger partial charge on any atom is 0.196 e. The van der Waals surface area contributed by atoms with Gasteiger partial charge >= 0.3 is 0 Å². The summed E-state index contributed by atoms with van der Waals surface area (Å²) in [6.07, 6.45) is 7.93. The van der Waals surface area contributed by atoms with E-state index in [2.05, 4.69) is 20.8 Å². The summed E-state index contributed by atoms with van der Waals surface area (Å²) < 4.78 is 0. The van der Waals surface area contributed by atoms with Crippen molar-refractivity contribution in [3.8, 4) is 0 Å². The molecule has 0 saturated heterocycles. The zero-order valence-electron chi connectivity index (χ0n) is 16.5. The summed E-state index contributed by atoms with van der Waals surface area (Å²) >= 11 is 1.71. The molecule has 3 rings (SSSR count). The second kappa shape index (κ2) is 7.03. The number of hydrogen-bond donors (Lipinski definition) is 1. The first kappa shape index (κ1) is 18.9. The van der Waals surface area contributed by atoms with Crippen molar-refractivity contribution in [2.75, 3.05) is 5.73 Å². The number of carbonyl (C=O) groups is 1. The van der Waals surface area contributed by atoms with Crippen molar-refractivity contribution in [3.63, 3.8) is 0 Å². The van der Waals surface area contributed by atoms with Crippen molar-refractivity contribution in [2.24, 2.45) is 5.41 Å². The number of rotatable bonds is 4. The van der Waals surface area contributed by atoms with Gasteiger partial charge in [-0.1, -0.05) is 26.8 Å². The number of nitrogen functional groups attached to an aromatic ring is 1. The molecule has 0 unspecified atom stereocenters. The Morgan fingerprint density at radius 3 is 2.50 bits per heavy atom. The number of hydrogen-bond acceptors (Lipinski definition) is 3. The monoisotopic (exact) mass is 367 g/mol. The van der Waals surface area contributed by atoms with Crippen LogP contribution in [-0.2, 0) is 19.3 Å². The lowest BCUT2D eigenvalue weighted by Crippen LogP contribution is -2.22. The predicted octanol–water partition coefficient (Wildman–Crippen LogP) is 5.92. The van der Waals surface area contributed by atoms with Gasteiger partial charge in [0.2, 0.25) is 0 Å². The summed E-state index contributed by atoms with van der Waals surface area (Å²) in [5, 5.41) is 0. The van der Waals surface area contributed by atoms with Crippen LogP contribution >= 0.6 is 11.3 Å². The highest BCUT2D eigenvalue weighted by Gasteiger charge is 2.31. The number of nitrogens with two attached hydrogens (primary N) is 1. The summed E-state index contributed by atoms with van der Waals surface area (Å²) in [5.74, 6) is 0.137. The minimum atomic E-state index is 0.137. The molecule has 1 heterocycles. The summed E-state index contributed by atoms with van der Waals surface area (Å²) in [4.78, 5) is 15.3. The van der Waals surface area contributed by atoms with Crippen molar-refractivity contribution >= 4 is 28.9 Å². The second-order valence-corrected chi connectivity index (χ2v) is 9.38. The van der Waals surface area contributed by atoms with Gasteiger partial charge in [-0.05, 0) is 91.0 Å². The molecule has 2 aromatic rings. The van der Waals surface area contributed by atoms with Gasteiger partial charge in [0.25, 0.3) is 0 Å². The third-order valence-corrected chi connectivity index (χ3v) is 6.93. The molecule has 0 aliphatic heterocycles. The highest BCUT2D eigenvalue weighted by molar-refractivity contribution is 7.14. The largest absolute Gasteiger partial charge is 0.398 e. The SMILES string of the molecule is CCc1sc(C(=O)/C=C/c2cc(C)c(N)c(C)c2)c2c1CC(C)(C)CC2. The van der Waals surface area contributed by atoms with Crippen LogP contribution in [0.4, 0.5) is 5.69 Å². The Hall–Kier alpha value is -1.87. The Morgan fingerprint density at radius 2 is 1.88 bits per heavy atom. The van der Waals surface area contributed by atoms with E-state index in [9.17, 15) is 4.79 Å². The highest BCUT2D eigenvalue weighted by atomic mass is 32.1. The van der Waals surface area contributed by atoms with Crippen molar-refractivity contribution in [1.29, 1.82) is 0 Å². The number of fused-ring (bicyclic) bond motifs is 1. The van der Waals surface area contributed by atoms with Gasteiger partial charge in [0, 0.05) is 10.6 Å². The smallest absolute Gasteiger partial charge is 0.196 e. The number of thiophene rings is 1. The Bertz CT molecular complexity index is 863. The van der Waals surface area contributed by atoms with E-state index in [0.717, 1.165) is 52.9 Å². The second-order valence-electron chi connectivity index (χ2n) is 8.27. The van der Waals surface area contributed by atoms with Gasteiger partial charge in [-0.3, -0.25) is 4.79 Å². The van der Waals surface area contributed by atoms with Crippen molar-refractivity contribution in [2.45, 2.75) is 60.3 Å². The van der Waals surface area contributed by atoms with Crippen LogP contribution in [0.15, 0.2) is 18.2 Å². The Kier molecular flexibility index (Phi) is 5.12. The molecule has 0 amide bonds. The van der Waals surface area contributed by atoms with Crippen LogP contribution in [-0.4, -0.2) is 5.78 Å². The third kappa shape index (κ3) is 3.64. The topological polar surface area (TPSA) is 43.1 Å². The molecule has 26 heavy (non-hydrogen) atoms. The third-order valence-electron chi connectivity index (χ3n) is 5.50. The Balaban J connectivity index is 1.91. The fourth-order valence-corrected chi connectivity index (χ4v) is 5.11. The molecule has 1 aliphatic rings. The molecule has 0 fully saturated rings. The first-order valence-corrected chi connectivity index (χ1v) is 10.3. The molecular formula is C23H29NOS. The summed E-state index contributed by atoms with van der Waals surface area (Å²) in [6, 6.07) is 4.08. The zero-order chi connectivity index (χ0) is 19.1. The van der Waals surface area contributed by atoms with Crippen LogP contribution in [0.2, 0.25) is 0 Å². The predicted molar refractivity (Wildman–Crippen MR) is 113 cm³/mol. The summed E-state index contributed by atoms with van der Waals surface area (Å²) in [6.45, 7) is 10.9.